The lowest BCUT2D eigenvalue weighted by Gasteiger charge is -2.33. The van der Waals surface area contributed by atoms with Crippen molar-refractivity contribution in [1.29, 1.82) is 0 Å². The molecular weight excluding hydrogens is 371 g/mol. The van der Waals surface area contributed by atoms with E-state index in [0.29, 0.717) is 37.7 Å². The van der Waals surface area contributed by atoms with Crippen LogP contribution in [-0.4, -0.2) is 43.8 Å². The highest BCUT2D eigenvalue weighted by Gasteiger charge is 2.30. The molecule has 2 heterocycles. The van der Waals surface area contributed by atoms with E-state index >= 15 is 0 Å². The van der Waals surface area contributed by atoms with E-state index in [0.717, 1.165) is 11.5 Å². The monoisotopic (exact) mass is 388 g/mol. The van der Waals surface area contributed by atoms with Gasteiger partial charge in [-0.25, -0.2) is 8.42 Å². The largest absolute Gasteiger partial charge is 0.465 e. The van der Waals surface area contributed by atoms with Crippen molar-refractivity contribution in [2.45, 2.75) is 18.4 Å². The lowest BCUT2D eigenvalue weighted by molar-refractivity contribution is 0.170. The highest BCUT2D eigenvalue weighted by molar-refractivity contribution is 7.89. The van der Waals surface area contributed by atoms with Crippen LogP contribution in [0, 0.1) is 6.92 Å². The molecule has 130 valence electrons. The van der Waals surface area contributed by atoms with E-state index < -0.39 is 10.0 Å². The summed E-state index contributed by atoms with van der Waals surface area (Å²) < 4.78 is 32.6. The predicted molar refractivity (Wildman–Crippen MR) is 93.9 cm³/mol. The molecule has 0 N–H and O–H groups in total. The van der Waals surface area contributed by atoms with E-state index in [9.17, 15) is 8.42 Å². The number of halogens is 2. The average Bonchev–Trinajstić information content (AvgIpc) is 2.95. The van der Waals surface area contributed by atoms with Crippen LogP contribution in [0.3, 0.4) is 0 Å². The van der Waals surface area contributed by atoms with Gasteiger partial charge in [-0.3, -0.25) is 4.90 Å². The van der Waals surface area contributed by atoms with Crippen molar-refractivity contribution in [2.75, 3.05) is 26.2 Å². The maximum Gasteiger partial charge on any atom is 0.244 e. The number of benzene rings is 1. The fourth-order valence-corrected chi connectivity index (χ4v) is 4.89. The minimum atomic E-state index is -3.64. The summed E-state index contributed by atoms with van der Waals surface area (Å²) in [6.07, 6.45) is 0. The summed E-state index contributed by atoms with van der Waals surface area (Å²) in [4.78, 5) is 2.23. The molecule has 24 heavy (non-hydrogen) atoms. The average molecular weight is 389 g/mol. The van der Waals surface area contributed by atoms with Gasteiger partial charge < -0.3 is 4.42 Å². The normalized spacial score (nSPS) is 17.3. The molecule has 0 saturated carbocycles. The first-order valence-electron chi connectivity index (χ1n) is 7.59. The van der Waals surface area contributed by atoms with Gasteiger partial charge in [-0.15, -0.1) is 0 Å². The maximum atomic E-state index is 12.8. The van der Waals surface area contributed by atoms with Crippen LogP contribution in [0.4, 0.5) is 0 Å². The summed E-state index contributed by atoms with van der Waals surface area (Å²) in [6, 6.07) is 8.36. The van der Waals surface area contributed by atoms with Crippen LogP contribution in [0.15, 0.2) is 39.6 Å². The predicted octanol–water partition coefficient (Wildman–Crippen LogP) is 3.40. The summed E-state index contributed by atoms with van der Waals surface area (Å²) in [5, 5.41) is 0.540. The number of nitrogens with zero attached hydrogens (tertiary/aromatic N) is 2. The molecule has 0 atom stereocenters. The molecule has 1 aromatic carbocycles. The second-order valence-corrected chi connectivity index (χ2v) is 8.52. The molecule has 1 aromatic heterocycles. The van der Waals surface area contributed by atoms with Crippen molar-refractivity contribution in [2.24, 2.45) is 0 Å². The van der Waals surface area contributed by atoms with Gasteiger partial charge in [0.2, 0.25) is 10.0 Å². The van der Waals surface area contributed by atoms with Gasteiger partial charge in [-0.05, 0) is 37.3 Å². The lowest BCUT2D eigenvalue weighted by atomic mass is 10.3. The number of rotatable bonds is 4. The van der Waals surface area contributed by atoms with Crippen LogP contribution in [0.2, 0.25) is 10.0 Å². The summed E-state index contributed by atoms with van der Waals surface area (Å²) >= 11 is 12.0. The Hall–Kier alpha value is -1.05. The highest BCUT2D eigenvalue weighted by atomic mass is 35.5. The van der Waals surface area contributed by atoms with Crippen LogP contribution in [0.25, 0.3) is 0 Å². The number of sulfonamides is 1. The molecule has 5 nitrogen and oxygen atoms in total. The number of hydrogen-bond donors (Lipinski definition) is 0. The molecule has 1 fully saturated rings. The number of piperazine rings is 1. The van der Waals surface area contributed by atoms with Gasteiger partial charge >= 0.3 is 0 Å². The number of hydrogen-bond acceptors (Lipinski definition) is 4. The molecular formula is C16H18Cl2N2O3S. The van der Waals surface area contributed by atoms with Gasteiger partial charge in [-0.2, -0.15) is 4.31 Å². The molecule has 0 unspecified atom stereocenters. The molecule has 0 spiro atoms. The molecule has 0 aliphatic carbocycles. The van der Waals surface area contributed by atoms with Crippen LogP contribution in [-0.2, 0) is 16.6 Å². The third-order valence-corrected chi connectivity index (χ3v) is 6.63. The first-order chi connectivity index (χ1) is 11.4. The zero-order valence-corrected chi connectivity index (χ0v) is 15.5. The Morgan fingerprint density at radius 3 is 2.42 bits per heavy atom. The first-order valence-corrected chi connectivity index (χ1v) is 9.79. The SMILES string of the molecule is Cc1ccc(CN2CCN(S(=O)(=O)c3cc(Cl)ccc3Cl)CC2)o1. The Labute approximate surface area is 151 Å². The second kappa shape index (κ2) is 7.06. The van der Waals surface area contributed by atoms with Crippen molar-refractivity contribution < 1.29 is 12.8 Å². The van der Waals surface area contributed by atoms with Crippen molar-refractivity contribution in [3.8, 4) is 0 Å². The standard InChI is InChI=1S/C16H18Cl2N2O3S/c1-12-2-4-14(23-12)11-19-6-8-20(9-7-19)24(21,22)16-10-13(17)3-5-15(16)18/h2-5,10H,6-9,11H2,1H3. The van der Waals surface area contributed by atoms with Gasteiger partial charge in [-0.1, -0.05) is 23.2 Å². The number of furan rings is 1. The van der Waals surface area contributed by atoms with E-state index in [2.05, 4.69) is 4.90 Å². The Kier molecular flexibility index (Phi) is 5.22. The molecule has 2 aromatic rings. The van der Waals surface area contributed by atoms with Crippen LogP contribution >= 0.6 is 23.2 Å². The van der Waals surface area contributed by atoms with Crippen molar-refractivity contribution >= 4 is 33.2 Å². The maximum absolute atomic E-state index is 12.8. The minimum Gasteiger partial charge on any atom is -0.465 e. The van der Waals surface area contributed by atoms with Crippen LogP contribution in [0.1, 0.15) is 11.5 Å². The quantitative estimate of drug-likeness (QED) is 0.805. The smallest absolute Gasteiger partial charge is 0.244 e. The molecule has 0 radical (unpaired) electrons. The molecule has 0 bridgehead atoms. The van der Waals surface area contributed by atoms with E-state index in [1.54, 1.807) is 6.07 Å². The molecule has 1 saturated heterocycles. The first kappa shape index (κ1) is 17.8. The summed E-state index contributed by atoms with van der Waals surface area (Å²) in [7, 11) is -3.64. The molecule has 1 aliphatic heterocycles. The molecule has 1 aliphatic rings. The third-order valence-electron chi connectivity index (χ3n) is 4.02. The van der Waals surface area contributed by atoms with Crippen molar-refractivity contribution in [3.63, 3.8) is 0 Å². The molecule has 3 rings (SSSR count). The molecule has 8 heteroatoms. The fraction of sp³-hybridized carbons (Fsp3) is 0.375. The topological polar surface area (TPSA) is 53.8 Å². The zero-order chi connectivity index (χ0) is 17.3. The van der Waals surface area contributed by atoms with E-state index in [1.807, 2.05) is 19.1 Å². The zero-order valence-electron chi connectivity index (χ0n) is 13.2. The van der Waals surface area contributed by atoms with Gasteiger partial charge in [0.25, 0.3) is 0 Å². The van der Waals surface area contributed by atoms with Gasteiger partial charge in [0.15, 0.2) is 0 Å². The second-order valence-electron chi connectivity index (χ2n) is 5.77. The Bertz CT molecular complexity index is 828. The van der Waals surface area contributed by atoms with Gasteiger partial charge in [0, 0.05) is 31.2 Å². The van der Waals surface area contributed by atoms with E-state index in [1.165, 1.54) is 16.4 Å². The Morgan fingerprint density at radius 2 is 1.79 bits per heavy atom. The van der Waals surface area contributed by atoms with Gasteiger partial charge in [0.05, 0.1) is 11.6 Å². The van der Waals surface area contributed by atoms with Crippen molar-refractivity contribution in [1.82, 2.24) is 9.21 Å². The van der Waals surface area contributed by atoms with Crippen LogP contribution in [0.5, 0.6) is 0 Å². The van der Waals surface area contributed by atoms with E-state index in [-0.39, 0.29) is 9.92 Å². The summed E-state index contributed by atoms with van der Waals surface area (Å²) in [5.74, 6) is 1.77. The summed E-state index contributed by atoms with van der Waals surface area (Å²) in [5.41, 5.74) is 0. The Balaban J connectivity index is 1.68. The third kappa shape index (κ3) is 3.78. The van der Waals surface area contributed by atoms with Crippen LogP contribution < -0.4 is 0 Å². The highest BCUT2D eigenvalue weighted by Crippen LogP contribution is 2.28. The summed E-state index contributed by atoms with van der Waals surface area (Å²) in [6.45, 7) is 4.67. The molecule has 0 amide bonds. The van der Waals surface area contributed by atoms with Crippen molar-refractivity contribution in [3.05, 3.63) is 51.9 Å². The minimum absolute atomic E-state index is 0.0618. The number of aryl methyl sites for hydroxylation is 1. The van der Waals surface area contributed by atoms with E-state index in [4.69, 9.17) is 27.6 Å². The fourth-order valence-electron chi connectivity index (χ4n) is 2.73. The lowest BCUT2D eigenvalue weighted by Crippen LogP contribution is -2.48. The Morgan fingerprint density at radius 1 is 1.08 bits per heavy atom. The van der Waals surface area contributed by atoms with Gasteiger partial charge in [0.1, 0.15) is 16.4 Å².